The van der Waals surface area contributed by atoms with E-state index in [4.69, 9.17) is 17.0 Å². The van der Waals surface area contributed by atoms with Crippen molar-refractivity contribution in [1.29, 1.82) is 0 Å². The number of nitrogens with one attached hydrogen (secondary N) is 3. The molecule has 0 radical (unpaired) electrons. The van der Waals surface area contributed by atoms with Gasteiger partial charge in [-0.15, -0.1) is 0 Å². The van der Waals surface area contributed by atoms with Crippen LogP contribution in [0.5, 0.6) is 5.75 Å². The van der Waals surface area contributed by atoms with E-state index in [-0.39, 0.29) is 16.9 Å². The lowest BCUT2D eigenvalue weighted by molar-refractivity contribution is 0.0948. The van der Waals surface area contributed by atoms with Gasteiger partial charge in [0, 0.05) is 17.8 Å². The van der Waals surface area contributed by atoms with Crippen molar-refractivity contribution in [3.8, 4) is 5.75 Å². The molecule has 0 spiro atoms. The van der Waals surface area contributed by atoms with Gasteiger partial charge in [0.1, 0.15) is 5.75 Å². The van der Waals surface area contributed by atoms with Crippen LogP contribution in [0.1, 0.15) is 52.5 Å². The largest absolute Gasteiger partial charge is 0.493 e. The highest BCUT2D eigenvalue weighted by molar-refractivity contribution is 7.80. The predicted molar refractivity (Wildman–Crippen MR) is 139 cm³/mol. The van der Waals surface area contributed by atoms with E-state index in [1.165, 1.54) is 0 Å². The lowest BCUT2D eigenvalue weighted by Gasteiger charge is -2.13. The number of anilines is 1. The highest BCUT2D eigenvalue weighted by Crippen LogP contribution is 2.18. The van der Waals surface area contributed by atoms with E-state index in [9.17, 15) is 9.59 Å². The Morgan fingerprint density at radius 3 is 2.29 bits per heavy atom. The van der Waals surface area contributed by atoms with Crippen LogP contribution in [0.2, 0.25) is 0 Å². The van der Waals surface area contributed by atoms with Crippen molar-refractivity contribution in [1.82, 2.24) is 10.6 Å². The molecule has 0 aliphatic heterocycles. The fourth-order valence-electron chi connectivity index (χ4n) is 3.23. The summed E-state index contributed by atoms with van der Waals surface area (Å²) < 4.78 is 5.78. The van der Waals surface area contributed by atoms with Gasteiger partial charge in [-0.25, -0.2) is 0 Å². The number of ether oxygens (including phenoxy) is 1. The Hall–Kier alpha value is -3.71. The molecule has 0 aliphatic rings. The quantitative estimate of drug-likeness (QED) is 0.273. The average Bonchev–Trinajstić information content (AvgIpc) is 2.86. The van der Waals surface area contributed by atoms with Crippen molar-refractivity contribution < 1.29 is 14.3 Å². The number of unbranched alkanes of at least 4 members (excludes halogenated alkanes) is 2. The molecule has 3 N–H and O–H groups in total. The van der Waals surface area contributed by atoms with Gasteiger partial charge in [0.05, 0.1) is 12.2 Å². The number of amides is 2. The number of carbonyl (C=O) groups is 2. The van der Waals surface area contributed by atoms with Gasteiger partial charge in [0.2, 0.25) is 0 Å². The molecule has 34 heavy (non-hydrogen) atoms. The molecule has 0 aromatic heterocycles. The molecule has 3 aromatic rings. The van der Waals surface area contributed by atoms with Gasteiger partial charge in [-0.1, -0.05) is 62.2 Å². The second-order valence-corrected chi connectivity index (χ2v) is 8.11. The number of rotatable bonds is 10. The minimum absolute atomic E-state index is 0.159. The molecule has 0 atom stereocenters. The fourth-order valence-corrected chi connectivity index (χ4v) is 3.44. The van der Waals surface area contributed by atoms with Crippen LogP contribution >= 0.6 is 12.2 Å². The maximum absolute atomic E-state index is 12.7. The summed E-state index contributed by atoms with van der Waals surface area (Å²) in [5, 5.41) is 8.71. The standard InChI is InChI=1S/C27H29N3O3S/c1-2-3-9-18-33-24-13-8-7-12-23(24)26(32)30-27(34)29-22-16-14-21(15-17-22)25(31)28-19-20-10-5-4-6-11-20/h4-8,10-17H,2-3,9,18-19H2,1H3,(H,28,31)(H2,29,30,32,34). The van der Waals surface area contributed by atoms with Gasteiger partial charge in [-0.3, -0.25) is 14.9 Å². The first kappa shape index (κ1) is 24.9. The van der Waals surface area contributed by atoms with Crippen LogP contribution < -0.4 is 20.7 Å². The van der Waals surface area contributed by atoms with Crippen LogP contribution in [-0.2, 0) is 6.54 Å². The first-order valence-corrected chi connectivity index (χ1v) is 11.7. The maximum Gasteiger partial charge on any atom is 0.261 e. The number of hydrogen-bond donors (Lipinski definition) is 3. The summed E-state index contributed by atoms with van der Waals surface area (Å²) in [6.45, 7) is 3.15. The van der Waals surface area contributed by atoms with Crippen molar-refractivity contribution in [2.75, 3.05) is 11.9 Å². The van der Waals surface area contributed by atoms with Crippen molar-refractivity contribution >= 4 is 34.8 Å². The molecule has 0 bridgehead atoms. The SMILES string of the molecule is CCCCCOc1ccccc1C(=O)NC(=S)Nc1ccc(C(=O)NCc2ccccc2)cc1. The maximum atomic E-state index is 12.7. The Morgan fingerprint density at radius 2 is 1.56 bits per heavy atom. The van der Waals surface area contributed by atoms with Crippen molar-refractivity contribution in [2.45, 2.75) is 32.7 Å². The number of carbonyl (C=O) groups excluding carboxylic acids is 2. The lowest BCUT2D eigenvalue weighted by atomic mass is 10.1. The lowest BCUT2D eigenvalue weighted by Crippen LogP contribution is -2.34. The molecule has 2 amide bonds. The third-order valence-corrected chi connectivity index (χ3v) is 5.27. The summed E-state index contributed by atoms with van der Waals surface area (Å²) in [5.74, 6) is 0.0205. The Bertz CT molecular complexity index is 1100. The molecular weight excluding hydrogens is 446 g/mol. The van der Waals surface area contributed by atoms with Gasteiger partial charge in [-0.2, -0.15) is 0 Å². The number of para-hydroxylation sites is 1. The zero-order valence-electron chi connectivity index (χ0n) is 19.2. The van der Waals surface area contributed by atoms with Gasteiger partial charge in [-0.05, 0) is 60.6 Å². The van der Waals surface area contributed by atoms with Gasteiger partial charge >= 0.3 is 0 Å². The number of benzene rings is 3. The monoisotopic (exact) mass is 475 g/mol. The van der Waals surface area contributed by atoms with Gasteiger partial charge < -0.3 is 15.4 Å². The van der Waals surface area contributed by atoms with E-state index >= 15 is 0 Å². The summed E-state index contributed by atoms with van der Waals surface area (Å²) in [7, 11) is 0. The fraction of sp³-hybridized carbons (Fsp3) is 0.222. The van der Waals surface area contributed by atoms with E-state index in [1.54, 1.807) is 42.5 Å². The molecule has 0 aliphatic carbocycles. The van der Waals surface area contributed by atoms with Crippen LogP contribution in [0.3, 0.4) is 0 Å². The number of thiocarbonyl (C=S) groups is 1. The summed E-state index contributed by atoms with van der Waals surface area (Å²) in [5.41, 5.74) is 2.65. The first-order valence-electron chi connectivity index (χ1n) is 11.3. The molecule has 0 saturated carbocycles. The minimum Gasteiger partial charge on any atom is -0.493 e. The van der Waals surface area contributed by atoms with Crippen molar-refractivity contribution in [3.63, 3.8) is 0 Å². The minimum atomic E-state index is -0.347. The Labute approximate surface area is 205 Å². The predicted octanol–water partition coefficient (Wildman–Crippen LogP) is 5.31. The average molecular weight is 476 g/mol. The smallest absolute Gasteiger partial charge is 0.261 e. The Balaban J connectivity index is 1.51. The molecule has 0 saturated heterocycles. The van der Waals surface area contributed by atoms with Crippen LogP contribution in [0, 0.1) is 0 Å². The molecule has 3 rings (SSSR count). The molecule has 0 heterocycles. The third-order valence-electron chi connectivity index (χ3n) is 5.07. The number of hydrogen-bond acceptors (Lipinski definition) is 4. The van der Waals surface area contributed by atoms with Gasteiger partial charge in [0.25, 0.3) is 11.8 Å². The molecule has 7 heteroatoms. The molecule has 0 fully saturated rings. The second-order valence-electron chi connectivity index (χ2n) is 7.71. The van der Waals surface area contributed by atoms with Crippen LogP contribution in [0.25, 0.3) is 0 Å². The van der Waals surface area contributed by atoms with Gasteiger partial charge in [0.15, 0.2) is 5.11 Å². The summed E-state index contributed by atoms with van der Waals surface area (Å²) in [6, 6.07) is 23.7. The molecule has 0 unspecified atom stereocenters. The van der Waals surface area contributed by atoms with Crippen LogP contribution in [0.15, 0.2) is 78.9 Å². The molecule has 6 nitrogen and oxygen atoms in total. The van der Waals surface area contributed by atoms with Crippen molar-refractivity contribution in [3.05, 3.63) is 95.6 Å². The van der Waals surface area contributed by atoms with E-state index in [2.05, 4.69) is 22.9 Å². The normalized spacial score (nSPS) is 10.3. The first-order chi connectivity index (χ1) is 16.6. The van der Waals surface area contributed by atoms with Crippen LogP contribution in [0.4, 0.5) is 5.69 Å². The van der Waals surface area contributed by atoms with E-state index in [1.807, 2.05) is 36.4 Å². The molecular formula is C27H29N3O3S. The Kier molecular flexibility index (Phi) is 9.61. The summed E-state index contributed by atoms with van der Waals surface area (Å²) in [6.07, 6.45) is 3.12. The topological polar surface area (TPSA) is 79.5 Å². The third kappa shape index (κ3) is 7.71. The van der Waals surface area contributed by atoms with E-state index in [0.717, 1.165) is 24.8 Å². The van der Waals surface area contributed by atoms with E-state index < -0.39 is 0 Å². The Morgan fingerprint density at radius 1 is 0.853 bits per heavy atom. The zero-order valence-corrected chi connectivity index (χ0v) is 20.0. The highest BCUT2D eigenvalue weighted by Gasteiger charge is 2.14. The van der Waals surface area contributed by atoms with Crippen molar-refractivity contribution in [2.24, 2.45) is 0 Å². The van der Waals surface area contributed by atoms with Crippen LogP contribution in [-0.4, -0.2) is 23.5 Å². The van der Waals surface area contributed by atoms with E-state index in [0.29, 0.717) is 35.7 Å². The summed E-state index contributed by atoms with van der Waals surface area (Å²) in [4.78, 5) is 25.1. The summed E-state index contributed by atoms with van der Waals surface area (Å²) >= 11 is 5.29. The second kappa shape index (κ2) is 13.1. The highest BCUT2D eigenvalue weighted by atomic mass is 32.1. The molecule has 176 valence electrons. The molecule has 3 aromatic carbocycles. The zero-order chi connectivity index (χ0) is 24.2.